The zero-order valence-electron chi connectivity index (χ0n) is 11.5. The van der Waals surface area contributed by atoms with Crippen molar-refractivity contribution in [1.29, 1.82) is 5.26 Å². The number of benzene rings is 1. The minimum absolute atomic E-state index is 0.294. The van der Waals surface area contributed by atoms with Gasteiger partial charge < -0.3 is 5.73 Å². The van der Waals surface area contributed by atoms with E-state index in [9.17, 15) is 8.42 Å². The predicted molar refractivity (Wildman–Crippen MR) is 76.4 cm³/mol. The lowest BCUT2D eigenvalue weighted by Gasteiger charge is -2.30. The van der Waals surface area contributed by atoms with E-state index >= 15 is 0 Å². The van der Waals surface area contributed by atoms with Gasteiger partial charge in [0, 0.05) is 13.1 Å². The summed E-state index contributed by atoms with van der Waals surface area (Å²) >= 11 is 0. The molecule has 0 unspecified atom stereocenters. The highest BCUT2D eigenvalue weighted by molar-refractivity contribution is 7.89. The van der Waals surface area contributed by atoms with Crippen LogP contribution in [-0.4, -0.2) is 32.4 Å². The molecule has 5 nitrogen and oxygen atoms in total. The van der Waals surface area contributed by atoms with E-state index in [0.29, 0.717) is 41.6 Å². The van der Waals surface area contributed by atoms with E-state index in [1.165, 1.54) is 10.4 Å². The van der Waals surface area contributed by atoms with Crippen LogP contribution < -0.4 is 5.73 Å². The van der Waals surface area contributed by atoms with Gasteiger partial charge in [0.1, 0.15) is 0 Å². The molecule has 1 aliphatic heterocycles. The van der Waals surface area contributed by atoms with E-state index < -0.39 is 10.0 Å². The van der Waals surface area contributed by atoms with Crippen molar-refractivity contribution in [1.82, 2.24) is 4.31 Å². The lowest BCUT2D eigenvalue weighted by atomic mass is 9.99. The molecule has 0 saturated carbocycles. The van der Waals surface area contributed by atoms with Crippen molar-refractivity contribution in [3.8, 4) is 6.07 Å². The fraction of sp³-hybridized carbons (Fsp3) is 0.500. The Morgan fingerprint density at radius 1 is 1.40 bits per heavy atom. The Labute approximate surface area is 120 Å². The van der Waals surface area contributed by atoms with Gasteiger partial charge in [0.2, 0.25) is 10.0 Å². The van der Waals surface area contributed by atoms with Gasteiger partial charge in [-0.05, 0) is 56.0 Å². The van der Waals surface area contributed by atoms with Crippen LogP contribution in [0.15, 0.2) is 23.1 Å². The van der Waals surface area contributed by atoms with Crippen LogP contribution in [0.5, 0.6) is 0 Å². The van der Waals surface area contributed by atoms with Gasteiger partial charge in [0.05, 0.1) is 16.5 Å². The van der Waals surface area contributed by atoms with Crippen molar-refractivity contribution in [2.75, 3.05) is 19.6 Å². The Kier molecular flexibility index (Phi) is 4.43. The Hall–Kier alpha value is -1.42. The number of hydrogen-bond donors (Lipinski definition) is 1. The Bertz CT molecular complexity index is 626. The second kappa shape index (κ2) is 5.92. The summed E-state index contributed by atoms with van der Waals surface area (Å²) in [5.41, 5.74) is 6.72. The number of nitrogens with zero attached hydrogens (tertiary/aromatic N) is 2. The average molecular weight is 293 g/mol. The van der Waals surface area contributed by atoms with Crippen LogP contribution in [0.2, 0.25) is 0 Å². The first kappa shape index (κ1) is 15.0. The van der Waals surface area contributed by atoms with Gasteiger partial charge in [-0.1, -0.05) is 0 Å². The Balaban J connectivity index is 2.25. The summed E-state index contributed by atoms with van der Waals surface area (Å²) in [6.07, 6.45) is 1.62. The molecule has 0 aliphatic carbocycles. The molecule has 0 spiro atoms. The normalized spacial score (nSPS) is 17.9. The van der Waals surface area contributed by atoms with Crippen LogP contribution in [0.25, 0.3) is 0 Å². The predicted octanol–water partition coefficient (Wildman–Crippen LogP) is 1.23. The molecule has 0 amide bonds. The quantitative estimate of drug-likeness (QED) is 0.908. The fourth-order valence-electron chi connectivity index (χ4n) is 2.53. The number of rotatable bonds is 3. The van der Waals surface area contributed by atoms with Crippen molar-refractivity contribution in [2.24, 2.45) is 11.7 Å². The molecule has 2 N–H and O–H groups in total. The number of hydrogen-bond acceptors (Lipinski definition) is 4. The lowest BCUT2D eigenvalue weighted by molar-refractivity contribution is 0.278. The molecule has 1 aromatic rings. The molecule has 0 aromatic heterocycles. The maximum atomic E-state index is 12.6. The van der Waals surface area contributed by atoms with Gasteiger partial charge >= 0.3 is 0 Å². The van der Waals surface area contributed by atoms with Gasteiger partial charge in [-0.25, -0.2) is 8.42 Å². The average Bonchev–Trinajstić information content (AvgIpc) is 2.46. The zero-order chi connectivity index (χ0) is 14.8. The highest BCUT2D eigenvalue weighted by Crippen LogP contribution is 2.25. The summed E-state index contributed by atoms with van der Waals surface area (Å²) in [6.45, 7) is 3.37. The number of piperidine rings is 1. The van der Waals surface area contributed by atoms with Gasteiger partial charge in [-0.2, -0.15) is 9.57 Å². The van der Waals surface area contributed by atoms with Crippen LogP contribution in [0.4, 0.5) is 0 Å². The third kappa shape index (κ3) is 2.85. The molecule has 1 saturated heterocycles. The second-order valence-corrected chi connectivity index (χ2v) is 7.08. The lowest BCUT2D eigenvalue weighted by Crippen LogP contribution is -2.40. The maximum Gasteiger partial charge on any atom is 0.243 e. The van der Waals surface area contributed by atoms with Crippen LogP contribution in [0.1, 0.15) is 24.0 Å². The minimum atomic E-state index is -3.47. The summed E-state index contributed by atoms with van der Waals surface area (Å²) in [4.78, 5) is 0.294. The number of sulfonamides is 1. The van der Waals surface area contributed by atoms with Crippen molar-refractivity contribution in [3.05, 3.63) is 29.3 Å². The molecule has 0 radical (unpaired) electrons. The van der Waals surface area contributed by atoms with Crippen LogP contribution in [0.3, 0.4) is 0 Å². The molecule has 0 atom stereocenters. The molecule has 1 fully saturated rings. The van der Waals surface area contributed by atoms with Gasteiger partial charge in [0.25, 0.3) is 0 Å². The number of aryl methyl sites for hydroxylation is 1. The van der Waals surface area contributed by atoms with E-state index in [1.54, 1.807) is 19.1 Å². The van der Waals surface area contributed by atoms with Crippen molar-refractivity contribution in [2.45, 2.75) is 24.7 Å². The Morgan fingerprint density at radius 2 is 2.05 bits per heavy atom. The fourth-order valence-corrected chi connectivity index (χ4v) is 4.21. The van der Waals surface area contributed by atoms with Crippen molar-refractivity contribution in [3.63, 3.8) is 0 Å². The highest BCUT2D eigenvalue weighted by atomic mass is 32.2. The van der Waals surface area contributed by atoms with Crippen molar-refractivity contribution >= 4 is 10.0 Å². The zero-order valence-corrected chi connectivity index (χ0v) is 12.4. The Morgan fingerprint density at radius 3 is 2.55 bits per heavy atom. The molecule has 1 aromatic carbocycles. The molecule has 6 heteroatoms. The second-order valence-electron chi connectivity index (χ2n) is 5.18. The monoisotopic (exact) mass is 293 g/mol. The first-order valence-corrected chi connectivity index (χ1v) is 8.14. The number of nitrogens with two attached hydrogens (primary N) is 1. The van der Waals surface area contributed by atoms with E-state index in [0.717, 1.165) is 12.8 Å². The summed E-state index contributed by atoms with van der Waals surface area (Å²) in [5.74, 6) is 0.420. The summed E-state index contributed by atoms with van der Waals surface area (Å²) < 4.78 is 26.8. The smallest absolute Gasteiger partial charge is 0.243 e. The van der Waals surface area contributed by atoms with Crippen LogP contribution in [-0.2, 0) is 10.0 Å². The largest absolute Gasteiger partial charge is 0.330 e. The summed E-state index contributed by atoms with van der Waals surface area (Å²) in [5, 5.41) is 8.84. The van der Waals surface area contributed by atoms with Crippen molar-refractivity contribution < 1.29 is 8.42 Å². The molecule has 20 heavy (non-hydrogen) atoms. The van der Waals surface area contributed by atoms with E-state index in [-0.39, 0.29) is 0 Å². The first-order chi connectivity index (χ1) is 9.48. The summed E-state index contributed by atoms with van der Waals surface area (Å²) in [6, 6.07) is 6.70. The highest BCUT2D eigenvalue weighted by Gasteiger charge is 2.29. The number of nitriles is 1. The molecule has 0 bridgehead atoms. The summed E-state index contributed by atoms with van der Waals surface area (Å²) in [7, 11) is -3.47. The van der Waals surface area contributed by atoms with Crippen LogP contribution >= 0.6 is 0 Å². The molecular formula is C14H19N3O2S. The third-order valence-corrected chi connectivity index (χ3v) is 5.89. The van der Waals surface area contributed by atoms with E-state index in [4.69, 9.17) is 11.0 Å². The van der Waals surface area contributed by atoms with Gasteiger partial charge in [-0.15, -0.1) is 0 Å². The van der Waals surface area contributed by atoms with Gasteiger partial charge in [-0.3, -0.25) is 0 Å². The van der Waals surface area contributed by atoms with E-state index in [2.05, 4.69) is 0 Å². The standard InChI is InChI=1S/C14H19N3O2S/c1-11-8-13(10-16)2-3-14(11)20(18,19)17-6-4-12(9-15)5-7-17/h2-3,8,12H,4-7,9,15H2,1H3. The molecule has 108 valence electrons. The molecule has 2 rings (SSSR count). The topological polar surface area (TPSA) is 87.2 Å². The SMILES string of the molecule is Cc1cc(C#N)ccc1S(=O)(=O)N1CCC(CN)CC1. The van der Waals surface area contributed by atoms with Gasteiger partial charge in [0.15, 0.2) is 0 Å². The van der Waals surface area contributed by atoms with Crippen LogP contribution in [0, 0.1) is 24.2 Å². The minimum Gasteiger partial charge on any atom is -0.330 e. The maximum absolute atomic E-state index is 12.6. The molecule has 1 aliphatic rings. The molecular weight excluding hydrogens is 274 g/mol. The molecule has 1 heterocycles. The van der Waals surface area contributed by atoms with E-state index in [1.807, 2.05) is 6.07 Å². The first-order valence-electron chi connectivity index (χ1n) is 6.70. The third-order valence-electron chi connectivity index (χ3n) is 3.83.